The van der Waals surface area contributed by atoms with Crippen LogP contribution in [0.15, 0.2) is 0 Å². The van der Waals surface area contributed by atoms with Crippen LogP contribution < -0.4 is 11.1 Å². The maximum Gasteiger partial charge on any atom is 0.0107 e. The number of nitrogens with zero attached hydrogens (tertiary/aromatic N) is 1. The molecule has 0 atom stereocenters. The molecule has 0 unspecified atom stereocenters. The quantitative estimate of drug-likeness (QED) is 0.734. The largest absolute Gasteiger partial charge is 0.328 e. The lowest BCUT2D eigenvalue weighted by molar-refractivity contribution is 0.210. The molecule has 1 aliphatic carbocycles. The van der Waals surface area contributed by atoms with Gasteiger partial charge in [0.05, 0.1) is 0 Å². The summed E-state index contributed by atoms with van der Waals surface area (Å²) in [4.78, 5) is 2.56. The molecule has 2 aliphatic rings. The summed E-state index contributed by atoms with van der Waals surface area (Å²) in [5.74, 6) is 0. The Morgan fingerprint density at radius 1 is 0.941 bits per heavy atom. The molecule has 0 spiro atoms. The molecular weight excluding hydrogens is 210 g/mol. The minimum Gasteiger partial charge on any atom is -0.328 e. The van der Waals surface area contributed by atoms with Gasteiger partial charge in [0.2, 0.25) is 0 Å². The second kappa shape index (κ2) is 7.34. The van der Waals surface area contributed by atoms with Crippen molar-refractivity contribution in [3.63, 3.8) is 0 Å². The summed E-state index contributed by atoms with van der Waals surface area (Å²) in [6.45, 7) is 4.78. The molecule has 3 N–H and O–H groups in total. The van der Waals surface area contributed by atoms with Crippen LogP contribution in [0.1, 0.15) is 51.4 Å². The van der Waals surface area contributed by atoms with Crippen LogP contribution in [0.4, 0.5) is 0 Å². The molecule has 0 amide bonds. The van der Waals surface area contributed by atoms with E-state index >= 15 is 0 Å². The molecule has 1 aliphatic heterocycles. The van der Waals surface area contributed by atoms with Crippen LogP contribution in [0, 0.1) is 0 Å². The van der Waals surface area contributed by atoms with Gasteiger partial charge in [-0.25, -0.2) is 0 Å². The Balaban J connectivity index is 1.55. The first-order chi connectivity index (χ1) is 8.34. The summed E-state index contributed by atoms with van der Waals surface area (Å²) in [6, 6.07) is 1.26. The molecule has 0 aromatic heterocycles. The zero-order chi connectivity index (χ0) is 11.9. The number of likely N-dealkylation sites (tertiary alicyclic amines) is 1. The Morgan fingerprint density at radius 2 is 1.59 bits per heavy atom. The highest BCUT2D eigenvalue weighted by atomic mass is 15.1. The van der Waals surface area contributed by atoms with Gasteiger partial charge in [0, 0.05) is 25.2 Å². The summed E-state index contributed by atoms with van der Waals surface area (Å²) in [6.07, 6.45) is 10.9. The van der Waals surface area contributed by atoms with Gasteiger partial charge < -0.3 is 16.0 Å². The topological polar surface area (TPSA) is 41.3 Å². The highest BCUT2D eigenvalue weighted by Gasteiger charge is 2.16. The molecule has 3 nitrogen and oxygen atoms in total. The minimum absolute atomic E-state index is 0.459. The minimum atomic E-state index is 0.459. The van der Waals surface area contributed by atoms with Crippen molar-refractivity contribution in [3.05, 3.63) is 0 Å². The highest BCUT2D eigenvalue weighted by Crippen LogP contribution is 2.17. The van der Waals surface area contributed by atoms with Gasteiger partial charge in [0.25, 0.3) is 0 Å². The molecule has 1 heterocycles. The molecule has 0 radical (unpaired) electrons. The number of hydrogen-bond acceptors (Lipinski definition) is 3. The summed E-state index contributed by atoms with van der Waals surface area (Å²) >= 11 is 0. The van der Waals surface area contributed by atoms with E-state index in [4.69, 9.17) is 5.73 Å². The van der Waals surface area contributed by atoms with Gasteiger partial charge in [0.1, 0.15) is 0 Å². The maximum absolute atomic E-state index is 5.92. The molecule has 100 valence electrons. The maximum atomic E-state index is 5.92. The SMILES string of the molecule is NC1CCN(CCNC2CCCCCC2)CC1. The van der Waals surface area contributed by atoms with E-state index in [9.17, 15) is 0 Å². The number of nitrogens with two attached hydrogens (primary N) is 1. The van der Waals surface area contributed by atoms with Gasteiger partial charge >= 0.3 is 0 Å². The fraction of sp³-hybridized carbons (Fsp3) is 1.00. The van der Waals surface area contributed by atoms with Crippen LogP contribution in [-0.2, 0) is 0 Å². The summed E-state index contributed by atoms with van der Waals surface area (Å²) in [7, 11) is 0. The Labute approximate surface area is 106 Å². The third-order valence-electron chi connectivity index (χ3n) is 4.35. The van der Waals surface area contributed by atoms with Crippen molar-refractivity contribution in [1.82, 2.24) is 10.2 Å². The van der Waals surface area contributed by atoms with E-state index in [1.807, 2.05) is 0 Å². The van der Waals surface area contributed by atoms with Crippen LogP contribution in [-0.4, -0.2) is 43.2 Å². The van der Waals surface area contributed by atoms with Crippen LogP contribution in [0.5, 0.6) is 0 Å². The lowest BCUT2D eigenvalue weighted by Gasteiger charge is -2.30. The van der Waals surface area contributed by atoms with Crippen molar-refractivity contribution < 1.29 is 0 Å². The van der Waals surface area contributed by atoms with E-state index in [0.717, 1.165) is 6.04 Å². The first-order valence-corrected chi connectivity index (χ1v) is 7.56. The Morgan fingerprint density at radius 3 is 2.24 bits per heavy atom. The number of hydrogen-bond donors (Lipinski definition) is 2. The standard InChI is InChI=1S/C14H29N3/c15-13-7-10-17(11-8-13)12-9-16-14-5-3-1-2-4-6-14/h13-14,16H,1-12,15H2. The normalized spacial score (nSPS) is 25.9. The Kier molecular flexibility index (Phi) is 5.75. The van der Waals surface area contributed by atoms with Gasteiger partial charge in [-0.15, -0.1) is 0 Å². The monoisotopic (exact) mass is 239 g/mol. The van der Waals surface area contributed by atoms with E-state index in [0.29, 0.717) is 6.04 Å². The van der Waals surface area contributed by atoms with Crippen molar-refractivity contribution in [2.45, 2.75) is 63.5 Å². The van der Waals surface area contributed by atoms with E-state index in [2.05, 4.69) is 10.2 Å². The fourth-order valence-corrected chi connectivity index (χ4v) is 3.09. The second-order valence-electron chi connectivity index (χ2n) is 5.82. The van der Waals surface area contributed by atoms with E-state index in [1.165, 1.54) is 77.5 Å². The Bertz CT molecular complexity index is 192. The van der Waals surface area contributed by atoms with Crippen molar-refractivity contribution in [1.29, 1.82) is 0 Å². The lowest BCUT2D eigenvalue weighted by atomic mass is 10.1. The average molecular weight is 239 g/mol. The van der Waals surface area contributed by atoms with E-state index in [1.54, 1.807) is 0 Å². The van der Waals surface area contributed by atoms with Crippen LogP contribution >= 0.6 is 0 Å². The van der Waals surface area contributed by atoms with Crippen LogP contribution in [0.25, 0.3) is 0 Å². The molecule has 0 bridgehead atoms. The van der Waals surface area contributed by atoms with E-state index < -0.39 is 0 Å². The summed E-state index contributed by atoms with van der Waals surface area (Å²) in [5.41, 5.74) is 5.92. The molecule has 3 heteroatoms. The fourth-order valence-electron chi connectivity index (χ4n) is 3.09. The van der Waals surface area contributed by atoms with Crippen molar-refractivity contribution >= 4 is 0 Å². The predicted octanol–water partition coefficient (Wildman–Crippen LogP) is 1.72. The average Bonchev–Trinajstić information content (AvgIpc) is 2.60. The molecule has 0 aromatic rings. The molecule has 17 heavy (non-hydrogen) atoms. The van der Waals surface area contributed by atoms with Gasteiger partial charge in [-0.1, -0.05) is 25.7 Å². The van der Waals surface area contributed by atoms with Crippen LogP contribution in [0.3, 0.4) is 0 Å². The van der Waals surface area contributed by atoms with Crippen LogP contribution in [0.2, 0.25) is 0 Å². The smallest absolute Gasteiger partial charge is 0.0107 e. The molecule has 0 aromatic carbocycles. The number of piperidine rings is 1. The predicted molar refractivity (Wildman–Crippen MR) is 73.1 cm³/mol. The van der Waals surface area contributed by atoms with Gasteiger partial charge in [-0.2, -0.15) is 0 Å². The highest BCUT2D eigenvalue weighted by molar-refractivity contribution is 4.76. The molecule has 1 saturated carbocycles. The lowest BCUT2D eigenvalue weighted by Crippen LogP contribution is -2.43. The van der Waals surface area contributed by atoms with E-state index in [-0.39, 0.29) is 0 Å². The van der Waals surface area contributed by atoms with Crippen molar-refractivity contribution in [2.75, 3.05) is 26.2 Å². The zero-order valence-corrected chi connectivity index (χ0v) is 11.2. The summed E-state index contributed by atoms with van der Waals surface area (Å²) < 4.78 is 0. The third-order valence-corrected chi connectivity index (χ3v) is 4.35. The summed E-state index contributed by atoms with van der Waals surface area (Å²) in [5, 5.41) is 3.75. The van der Waals surface area contributed by atoms with Crippen molar-refractivity contribution in [3.8, 4) is 0 Å². The van der Waals surface area contributed by atoms with Gasteiger partial charge in [0.15, 0.2) is 0 Å². The molecular formula is C14H29N3. The molecule has 1 saturated heterocycles. The number of nitrogens with one attached hydrogen (secondary N) is 1. The third kappa shape index (κ3) is 4.94. The number of rotatable bonds is 4. The second-order valence-corrected chi connectivity index (χ2v) is 5.82. The van der Waals surface area contributed by atoms with Gasteiger partial charge in [-0.3, -0.25) is 0 Å². The zero-order valence-electron chi connectivity index (χ0n) is 11.2. The van der Waals surface area contributed by atoms with Gasteiger partial charge in [-0.05, 0) is 38.8 Å². The first kappa shape index (κ1) is 13.3. The molecule has 2 fully saturated rings. The Hall–Kier alpha value is -0.120. The van der Waals surface area contributed by atoms with Crippen molar-refractivity contribution in [2.24, 2.45) is 5.73 Å². The first-order valence-electron chi connectivity index (χ1n) is 7.56. The molecule has 2 rings (SSSR count).